The van der Waals surface area contributed by atoms with Crippen LogP contribution in [0.25, 0.3) is 0 Å². The number of likely N-dealkylation sites (tertiary alicyclic amines) is 1. The number of likely N-dealkylation sites (N-methyl/N-ethyl adjacent to an activating group) is 1. The SMILES string of the molecule is CN(C)C(=O)CN1CC(S)C1. The van der Waals surface area contributed by atoms with Crippen LogP contribution in [-0.2, 0) is 4.79 Å². The molecule has 1 amide bonds. The van der Waals surface area contributed by atoms with Gasteiger partial charge in [0.25, 0.3) is 0 Å². The number of nitrogens with zero attached hydrogens (tertiary/aromatic N) is 2. The molecule has 0 aromatic heterocycles. The first-order valence-corrected chi connectivity index (χ1v) is 4.22. The topological polar surface area (TPSA) is 23.6 Å². The molecular formula is C7H14N2OS. The van der Waals surface area contributed by atoms with Crippen LogP contribution in [0.4, 0.5) is 0 Å². The lowest BCUT2D eigenvalue weighted by atomic mass is 10.2. The lowest BCUT2D eigenvalue weighted by Crippen LogP contribution is -2.51. The number of hydrogen-bond donors (Lipinski definition) is 1. The summed E-state index contributed by atoms with van der Waals surface area (Å²) in [7, 11) is 3.56. The molecule has 0 aromatic rings. The van der Waals surface area contributed by atoms with E-state index in [1.54, 1.807) is 19.0 Å². The van der Waals surface area contributed by atoms with E-state index in [9.17, 15) is 4.79 Å². The second-order valence-electron chi connectivity index (χ2n) is 3.14. The Morgan fingerprint density at radius 3 is 2.55 bits per heavy atom. The van der Waals surface area contributed by atoms with E-state index in [0.717, 1.165) is 13.1 Å². The van der Waals surface area contributed by atoms with Crippen molar-refractivity contribution in [3.63, 3.8) is 0 Å². The summed E-state index contributed by atoms with van der Waals surface area (Å²) in [5, 5.41) is 0.477. The molecule has 1 heterocycles. The minimum absolute atomic E-state index is 0.172. The first-order chi connectivity index (χ1) is 5.09. The first-order valence-electron chi connectivity index (χ1n) is 3.70. The quantitative estimate of drug-likeness (QED) is 0.580. The highest BCUT2D eigenvalue weighted by Gasteiger charge is 2.25. The van der Waals surface area contributed by atoms with Gasteiger partial charge in [0, 0.05) is 32.4 Å². The van der Waals surface area contributed by atoms with Gasteiger partial charge in [-0.3, -0.25) is 9.69 Å². The van der Waals surface area contributed by atoms with Crippen molar-refractivity contribution in [3.05, 3.63) is 0 Å². The Balaban J connectivity index is 2.17. The third-order valence-corrected chi connectivity index (χ3v) is 2.12. The lowest BCUT2D eigenvalue weighted by Gasteiger charge is -2.36. The van der Waals surface area contributed by atoms with Gasteiger partial charge in [-0.05, 0) is 0 Å². The van der Waals surface area contributed by atoms with E-state index in [-0.39, 0.29) is 5.91 Å². The third kappa shape index (κ3) is 2.38. The van der Waals surface area contributed by atoms with Crippen molar-refractivity contribution >= 4 is 18.5 Å². The predicted molar refractivity (Wildman–Crippen MR) is 47.9 cm³/mol. The van der Waals surface area contributed by atoms with Crippen LogP contribution in [0.15, 0.2) is 0 Å². The molecule has 1 rings (SSSR count). The highest BCUT2D eigenvalue weighted by Crippen LogP contribution is 2.12. The molecule has 0 saturated carbocycles. The average Bonchev–Trinajstić information content (AvgIpc) is 1.84. The van der Waals surface area contributed by atoms with Crippen molar-refractivity contribution in [3.8, 4) is 0 Å². The fourth-order valence-electron chi connectivity index (χ4n) is 1.00. The summed E-state index contributed by atoms with van der Waals surface area (Å²) in [6, 6.07) is 0. The maximum absolute atomic E-state index is 11.1. The van der Waals surface area contributed by atoms with E-state index in [1.807, 2.05) is 0 Å². The van der Waals surface area contributed by atoms with Crippen LogP contribution in [0.5, 0.6) is 0 Å². The van der Waals surface area contributed by atoms with Gasteiger partial charge in [0.15, 0.2) is 0 Å². The zero-order chi connectivity index (χ0) is 8.43. The van der Waals surface area contributed by atoms with Gasteiger partial charge in [0.1, 0.15) is 0 Å². The van der Waals surface area contributed by atoms with Crippen molar-refractivity contribution in [2.75, 3.05) is 33.7 Å². The molecule has 1 saturated heterocycles. The smallest absolute Gasteiger partial charge is 0.236 e. The summed E-state index contributed by atoms with van der Waals surface area (Å²) in [4.78, 5) is 14.8. The number of amides is 1. The highest BCUT2D eigenvalue weighted by atomic mass is 32.1. The van der Waals surface area contributed by atoms with Crippen molar-refractivity contribution in [2.45, 2.75) is 5.25 Å². The van der Waals surface area contributed by atoms with Crippen LogP contribution in [0.2, 0.25) is 0 Å². The monoisotopic (exact) mass is 174 g/mol. The van der Waals surface area contributed by atoms with Gasteiger partial charge >= 0.3 is 0 Å². The van der Waals surface area contributed by atoms with E-state index < -0.39 is 0 Å². The fraction of sp³-hybridized carbons (Fsp3) is 0.857. The zero-order valence-electron chi connectivity index (χ0n) is 6.95. The van der Waals surface area contributed by atoms with E-state index in [2.05, 4.69) is 17.5 Å². The maximum Gasteiger partial charge on any atom is 0.236 e. The van der Waals surface area contributed by atoms with Gasteiger partial charge in [-0.1, -0.05) is 0 Å². The molecule has 64 valence electrons. The predicted octanol–water partition coefficient (Wildman–Crippen LogP) is -0.311. The van der Waals surface area contributed by atoms with E-state index in [4.69, 9.17) is 0 Å². The van der Waals surface area contributed by atoms with E-state index in [1.165, 1.54) is 0 Å². The molecule has 1 fully saturated rings. The summed E-state index contributed by atoms with van der Waals surface area (Å²) in [6.07, 6.45) is 0. The van der Waals surface area contributed by atoms with Gasteiger partial charge in [-0.15, -0.1) is 0 Å². The third-order valence-electron chi connectivity index (χ3n) is 1.80. The molecule has 1 aliphatic rings. The fourth-order valence-corrected chi connectivity index (χ4v) is 1.47. The number of carbonyl (C=O) groups excluding carboxylic acids is 1. The number of carbonyl (C=O) groups is 1. The van der Waals surface area contributed by atoms with E-state index >= 15 is 0 Å². The molecule has 11 heavy (non-hydrogen) atoms. The van der Waals surface area contributed by atoms with Gasteiger partial charge in [-0.2, -0.15) is 12.6 Å². The van der Waals surface area contributed by atoms with Crippen molar-refractivity contribution in [1.29, 1.82) is 0 Å². The van der Waals surface area contributed by atoms with Crippen LogP contribution in [-0.4, -0.2) is 54.7 Å². The maximum atomic E-state index is 11.1. The van der Waals surface area contributed by atoms with Crippen molar-refractivity contribution in [2.24, 2.45) is 0 Å². The second-order valence-corrected chi connectivity index (χ2v) is 3.87. The highest BCUT2D eigenvalue weighted by molar-refractivity contribution is 7.81. The molecule has 0 atom stereocenters. The molecule has 0 aliphatic carbocycles. The molecule has 0 radical (unpaired) electrons. The zero-order valence-corrected chi connectivity index (χ0v) is 7.84. The van der Waals surface area contributed by atoms with E-state index in [0.29, 0.717) is 11.8 Å². The summed E-state index contributed by atoms with van der Waals surface area (Å²) >= 11 is 4.25. The summed E-state index contributed by atoms with van der Waals surface area (Å²) in [5.74, 6) is 0.172. The van der Waals surface area contributed by atoms with Gasteiger partial charge in [0.2, 0.25) is 5.91 Å². The molecule has 0 bridgehead atoms. The molecular weight excluding hydrogens is 160 g/mol. The molecule has 0 unspecified atom stereocenters. The largest absolute Gasteiger partial charge is 0.348 e. The Morgan fingerprint density at radius 1 is 1.64 bits per heavy atom. The van der Waals surface area contributed by atoms with Gasteiger partial charge < -0.3 is 4.90 Å². The van der Waals surface area contributed by atoms with Crippen molar-refractivity contribution in [1.82, 2.24) is 9.80 Å². The number of hydrogen-bond acceptors (Lipinski definition) is 3. The van der Waals surface area contributed by atoms with Crippen LogP contribution < -0.4 is 0 Å². The molecule has 0 spiro atoms. The molecule has 3 nitrogen and oxygen atoms in total. The Hall–Kier alpha value is -0.220. The number of thiol groups is 1. The summed E-state index contributed by atoms with van der Waals surface area (Å²) in [6.45, 7) is 2.44. The lowest BCUT2D eigenvalue weighted by molar-refractivity contribution is -0.130. The van der Waals surface area contributed by atoms with Crippen LogP contribution >= 0.6 is 12.6 Å². The Kier molecular flexibility index (Phi) is 2.78. The standard InChI is InChI=1S/C7H14N2OS/c1-8(2)7(10)5-9-3-6(11)4-9/h6,11H,3-5H2,1-2H3. The Morgan fingerprint density at radius 2 is 2.18 bits per heavy atom. The Bertz CT molecular complexity index is 155. The van der Waals surface area contributed by atoms with Gasteiger partial charge in [-0.25, -0.2) is 0 Å². The number of rotatable bonds is 2. The second kappa shape index (κ2) is 3.45. The summed E-state index contributed by atoms with van der Waals surface area (Å²) < 4.78 is 0. The van der Waals surface area contributed by atoms with Crippen LogP contribution in [0.3, 0.4) is 0 Å². The minimum Gasteiger partial charge on any atom is -0.348 e. The van der Waals surface area contributed by atoms with Gasteiger partial charge in [0.05, 0.1) is 6.54 Å². The average molecular weight is 174 g/mol. The Labute approximate surface area is 72.8 Å². The van der Waals surface area contributed by atoms with Crippen LogP contribution in [0.1, 0.15) is 0 Å². The minimum atomic E-state index is 0.172. The summed E-state index contributed by atoms with van der Waals surface area (Å²) in [5.41, 5.74) is 0. The van der Waals surface area contributed by atoms with Crippen molar-refractivity contribution < 1.29 is 4.79 Å². The van der Waals surface area contributed by atoms with Crippen LogP contribution in [0, 0.1) is 0 Å². The molecule has 0 N–H and O–H groups in total. The molecule has 4 heteroatoms. The molecule has 0 aromatic carbocycles. The first kappa shape index (κ1) is 8.87. The molecule has 1 aliphatic heterocycles. The normalized spacial score (nSPS) is 19.5.